The van der Waals surface area contributed by atoms with Gasteiger partial charge in [0.1, 0.15) is 12.6 Å². The van der Waals surface area contributed by atoms with E-state index in [0.29, 0.717) is 17.5 Å². The smallest absolute Gasteiger partial charge is 0.251 e. The van der Waals surface area contributed by atoms with Gasteiger partial charge in [0, 0.05) is 35.3 Å². The first-order valence-corrected chi connectivity index (χ1v) is 11.1. The summed E-state index contributed by atoms with van der Waals surface area (Å²) in [5.41, 5.74) is 7.99. The Hall–Kier alpha value is -3.91. The molecule has 2 aromatic carbocycles. The minimum Gasteiger partial charge on any atom is -0.388 e. The molecule has 0 heterocycles. The number of amides is 2. The average Bonchev–Trinajstić information content (AvgIpc) is 2.86. The number of aliphatic hydroxyl groups excluding tert-OH is 1. The second-order valence-corrected chi connectivity index (χ2v) is 7.55. The lowest BCUT2D eigenvalue weighted by molar-refractivity contribution is -0.123. The van der Waals surface area contributed by atoms with Crippen LogP contribution in [0.3, 0.4) is 0 Å². The molecule has 0 aliphatic rings. The van der Waals surface area contributed by atoms with Crippen molar-refractivity contribution in [3.05, 3.63) is 65.2 Å². The van der Waals surface area contributed by atoms with E-state index >= 15 is 0 Å². The third-order valence-corrected chi connectivity index (χ3v) is 4.88. The fraction of sp³-hybridized carbons (Fsp3) is 0.296. The molecule has 2 rings (SSSR count). The molecule has 0 aliphatic heterocycles. The van der Waals surface area contributed by atoms with Crippen LogP contribution in [0.25, 0.3) is 0 Å². The summed E-state index contributed by atoms with van der Waals surface area (Å²) >= 11 is 0. The molecule has 2 amide bonds. The molecule has 0 aliphatic carbocycles. The number of anilines is 1. The van der Waals surface area contributed by atoms with E-state index in [4.69, 9.17) is 10.8 Å². The third kappa shape index (κ3) is 8.91. The fourth-order valence-electron chi connectivity index (χ4n) is 2.93. The summed E-state index contributed by atoms with van der Waals surface area (Å²) in [6, 6.07) is 12.8. The predicted molar refractivity (Wildman–Crippen MR) is 132 cm³/mol. The maximum Gasteiger partial charge on any atom is 0.251 e. The van der Waals surface area contributed by atoms with Crippen LogP contribution in [0.1, 0.15) is 54.1 Å². The lowest BCUT2D eigenvalue weighted by Crippen LogP contribution is -2.46. The van der Waals surface area contributed by atoms with Crippen LogP contribution in [0.15, 0.2) is 48.5 Å². The molecule has 0 spiro atoms. The summed E-state index contributed by atoms with van der Waals surface area (Å²) in [7, 11) is 0. The second kappa shape index (κ2) is 14.3. The summed E-state index contributed by atoms with van der Waals surface area (Å²) < 4.78 is 0. The standard InChI is InChI=1S/C27H29N3O4/c1-2-3-4-9-26(33)29-23-16-12-21(13-17-23)8-6-5-7-20-10-14-22(15-11-20)27(34)30-24(18-28)25(32)19-31/h10-17,24,31H,2-4,9,18-19,28H2,1H3,(H,29,33)(H,30,34)/t24-/m0/s1. The summed E-state index contributed by atoms with van der Waals surface area (Å²) in [6.07, 6.45) is 3.54. The summed E-state index contributed by atoms with van der Waals surface area (Å²) in [4.78, 5) is 35.6. The number of carbonyl (C=O) groups is 3. The zero-order valence-electron chi connectivity index (χ0n) is 19.2. The van der Waals surface area contributed by atoms with E-state index in [1.165, 1.54) is 0 Å². The van der Waals surface area contributed by atoms with Crippen molar-refractivity contribution in [2.75, 3.05) is 18.5 Å². The van der Waals surface area contributed by atoms with Crippen LogP contribution in [0.2, 0.25) is 0 Å². The molecule has 0 radical (unpaired) electrons. The molecule has 7 heteroatoms. The Morgan fingerprint density at radius 1 is 0.941 bits per heavy atom. The molecule has 176 valence electrons. The Bertz CT molecular complexity index is 1100. The molecule has 5 N–H and O–H groups in total. The first kappa shape index (κ1) is 26.3. The van der Waals surface area contributed by atoms with Gasteiger partial charge in [-0.2, -0.15) is 0 Å². The molecule has 1 atom stereocenters. The van der Waals surface area contributed by atoms with Crippen LogP contribution >= 0.6 is 0 Å². The number of aliphatic hydroxyl groups is 1. The quantitative estimate of drug-likeness (QED) is 0.321. The molecule has 0 bridgehead atoms. The summed E-state index contributed by atoms with van der Waals surface area (Å²) in [6.45, 7) is 1.32. The van der Waals surface area contributed by atoms with Crippen LogP contribution in [-0.2, 0) is 9.59 Å². The van der Waals surface area contributed by atoms with E-state index in [1.807, 2.05) is 24.3 Å². The van der Waals surface area contributed by atoms with E-state index in [0.717, 1.165) is 30.5 Å². The summed E-state index contributed by atoms with van der Waals surface area (Å²) in [5.74, 6) is 10.4. The van der Waals surface area contributed by atoms with Crippen molar-refractivity contribution >= 4 is 23.3 Å². The maximum atomic E-state index is 12.2. The highest BCUT2D eigenvalue weighted by Gasteiger charge is 2.18. The lowest BCUT2D eigenvalue weighted by Gasteiger charge is -2.14. The van der Waals surface area contributed by atoms with Gasteiger partial charge in [-0.05, 0) is 66.8 Å². The van der Waals surface area contributed by atoms with Crippen molar-refractivity contribution in [1.82, 2.24) is 5.32 Å². The van der Waals surface area contributed by atoms with Gasteiger partial charge >= 0.3 is 0 Å². The Kier molecular flexibility index (Phi) is 11.1. The average molecular weight is 460 g/mol. The normalized spacial score (nSPS) is 10.7. The van der Waals surface area contributed by atoms with E-state index in [1.54, 1.807) is 24.3 Å². The van der Waals surface area contributed by atoms with Crippen LogP contribution in [0, 0.1) is 23.7 Å². The minimum atomic E-state index is -0.927. The number of hydrogen-bond acceptors (Lipinski definition) is 5. The van der Waals surface area contributed by atoms with E-state index < -0.39 is 24.3 Å². The Labute approximate surface area is 200 Å². The fourth-order valence-corrected chi connectivity index (χ4v) is 2.93. The number of nitrogens with two attached hydrogens (primary N) is 1. The van der Waals surface area contributed by atoms with E-state index in [2.05, 4.69) is 41.2 Å². The van der Waals surface area contributed by atoms with E-state index in [-0.39, 0.29) is 12.5 Å². The van der Waals surface area contributed by atoms with Crippen molar-refractivity contribution in [3.8, 4) is 23.7 Å². The van der Waals surface area contributed by atoms with Crippen molar-refractivity contribution in [1.29, 1.82) is 0 Å². The lowest BCUT2D eigenvalue weighted by atomic mass is 10.1. The Morgan fingerprint density at radius 3 is 2.06 bits per heavy atom. The van der Waals surface area contributed by atoms with Gasteiger partial charge in [-0.15, -0.1) is 0 Å². The van der Waals surface area contributed by atoms with Gasteiger partial charge in [0.25, 0.3) is 5.91 Å². The predicted octanol–water partition coefficient (Wildman–Crippen LogP) is 2.23. The number of hydrogen-bond donors (Lipinski definition) is 4. The molecule has 2 aromatic rings. The van der Waals surface area contributed by atoms with Crippen LogP contribution in [0.5, 0.6) is 0 Å². The number of rotatable bonds is 10. The molecule has 0 unspecified atom stereocenters. The maximum absolute atomic E-state index is 12.2. The van der Waals surface area contributed by atoms with Crippen molar-refractivity contribution in [3.63, 3.8) is 0 Å². The van der Waals surface area contributed by atoms with Gasteiger partial charge in [0.15, 0.2) is 5.78 Å². The Balaban J connectivity index is 1.91. The molecular weight excluding hydrogens is 430 g/mol. The zero-order valence-corrected chi connectivity index (χ0v) is 19.2. The van der Waals surface area contributed by atoms with Gasteiger partial charge in [-0.25, -0.2) is 0 Å². The van der Waals surface area contributed by atoms with Crippen LogP contribution < -0.4 is 16.4 Å². The molecule has 0 fully saturated rings. The second-order valence-electron chi connectivity index (χ2n) is 7.55. The molecule has 34 heavy (non-hydrogen) atoms. The van der Waals surface area contributed by atoms with Gasteiger partial charge in [0.2, 0.25) is 5.91 Å². The highest BCUT2D eigenvalue weighted by Crippen LogP contribution is 2.10. The number of carbonyl (C=O) groups excluding carboxylic acids is 3. The van der Waals surface area contributed by atoms with Gasteiger partial charge in [0.05, 0.1) is 0 Å². The minimum absolute atomic E-state index is 0.0134. The molecule has 0 saturated carbocycles. The number of Topliss-reactive ketones (excluding diaryl/α,β-unsaturated/α-hetero) is 1. The number of unbranched alkanes of at least 4 members (excludes halogenated alkanes) is 2. The van der Waals surface area contributed by atoms with Crippen LogP contribution in [0.4, 0.5) is 5.69 Å². The monoisotopic (exact) mass is 459 g/mol. The number of ketones is 1. The Morgan fingerprint density at radius 2 is 1.53 bits per heavy atom. The van der Waals surface area contributed by atoms with Crippen molar-refractivity contribution in [2.24, 2.45) is 5.73 Å². The largest absolute Gasteiger partial charge is 0.388 e. The molecular formula is C27H29N3O4. The first-order valence-electron chi connectivity index (χ1n) is 11.1. The van der Waals surface area contributed by atoms with Gasteiger partial charge in [-0.1, -0.05) is 31.6 Å². The van der Waals surface area contributed by atoms with Crippen LogP contribution in [-0.4, -0.2) is 41.9 Å². The topological polar surface area (TPSA) is 122 Å². The third-order valence-electron chi connectivity index (χ3n) is 4.88. The molecule has 0 saturated heterocycles. The van der Waals surface area contributed by atoms with Gasteiger partial charge in [-0.3, -0.25) is 14.4 Å². The van der Waals surface area contributed by atoms with E-state index in [9.17, 15) is 14.4 Å². The number of benzene rings is 2. The van der Waals surface area contributed by atoms with Crippen molar-refractivity contribution in [2.45, 2.75) is 38.6 Å². The highest BCUT2D eigenvalue weighted by atomic mass is 16.3. The molecule has 7 nitrogen and oxygen atoms in total. The highest BCUT2D eigenvalue weighted by molar-refractivity contribution is 5.98. The number of nitrogens with one attached hydrogen (secondary N) is 2. The summed E-state index contributed by atoms with van der Waals surface area (Å²) in [5, 5.41) is 14.3. The SMILES string of the molecule is CCCCCC(=O)Nc1ccc(C#CC#Cc2ccc(C(=O)N[C@@H](CN)C(=O)CO)cc2)cc1. The first-order chi connectivity index (χ1) is 16.5. The zero-order chi connectivity index (χ0) is 24.8. The van der Waals surface area contributed by atoms with Gasteiger partial charge < -0.3 is 21.5 Å². The van der Waals surface area contributed by atoms with Crippen molar-refractivity contribution < 1.29 is 19.5 Å². The molecule has 0 aromatic heterocycles.